The number of benzene rings is 11. The van der Waals surface area contributed by atoms with Crippen LogP contribution in [0.1, 0.15) is 26.3 Å². The molecule has 3 heteroatoms. The van der Waals surface area contributed by atoms with Crippen molar-refractivity contribution in [2.24, 2.45) is 0 Å². The lowest BCUT2D eigenvalue weighted by Crippen LogP contribution is -2.10. The van der Waals surface area contributed by atoms with Crippen molar-refractivity contribution in [3.63, 3.8) is 0 Å². The molecule has 0 bridgehead atoms. The van der Waals surface area contributed by atoms with Crippen LogP contribution in [0.15, 0.2) is 255 Å². The van der Waals surface area contributed by atoms with Crippen molar-refractivity contribution in [3.8, 4) is 61.6 Å². The van der Waals surface area contributed by atoms with Crippen LogP contribution in [0.3, 0.4) is 0 Å². The number of hydrogen-bond acceptors (Lipinski definition) is 0. The predicted octanol–water partition coefficient (Wildman–Crippen LogP) is 18.9. The average Bonchev–Trinajstić information content (AvgIpc) is 4.08. The van der Waals surface area contributed by atoms with Crippen LogP contribution < -0.4 is 0 Å². The van der Waals surface area contributed by atoms with Crippen LogP contribution >= 0.6 is 0 Å². The third-order valence-electron chi connectivity index (χ3n) is 15.2. The Morgan fingerprint density at radius 2 is 0.507 bits per heavy atom. The topological polar surface area (TPSA) is 14.8 Å². The van der Waals surface area contributed by atoms with Gasteiger partial charge in [-0.15, -0.1) is 0 Å². The molecular weight excluding hydrogens is 883 g/mol. The Labute approximate surface area is 425 Å². The van der Waals surface area contributed by atoms with Gasteiger partial charge in [-0.2, -0.15) is 0 Å². The van der Waals surface area contributed by atoms with E-state index in [0.29, 0.717) is 0 Å². The molecule has 11 aromatic carbocycles. The van der Waals surface area contributed by atoms with Crippen molar-refractivity contribution in [2.75, 3.05) is 0 Å². The summed E-state index contributed by atoms with van der Waals surface area (Å²) in [5, 5.41) is 7.35. The summed E-state index contributed by atoms with van der Waals surface area (Å²) in [4.78, 5) is 0. The summed E-state index contributed by atoms with van der Waals surface area (Å²) in [6.07, 6.45) is 0. The van der Waals surface area contributed by atoms with Crippen molar-refractivity contribution < 1.29 is 0 Å². The highest BCUT2D eigenvalue weighted by molar-refractivity contribution is 6.15. The summed E-state index contributed by atoms with van der Waals surface area (Å²) in [5.74, 6) is 0. The van der Waals surface area contributed by atoms with Crippen LogP contribution in [0.2, 0.25) is 0 Å². The van der Waals surface area contributed by atoms with Crippen LogP contribution in [-0.2, 0) is 5.41 Å². The SMILES string of the molecule is CC(C)(C)c1ccc(-n2c3cc(-n4c5ccc(-c6ccccc6)cc5c5cc(-c6ccccc6)ccc54)ccc3c3ccc(-n4c5ccc(-c6ccccc6)cc5c5cc(-c6ccccc6)ccc54)cc32)cc1. The first-order valence-electron chi connectivity index (χ1n) is 25.4. The van der Waals surface area contributed by atoms with E-state index in [4.69, 9.17) is 0 Å². The maximum Gasteiger partial charge on any atom is 0.0561 e. The van der Waals surface area contributed by atoms with E-state index in [2.05, 4.69) is 289 Å². The molecule has 0 N–H and O–H groups in total. The molecule has 0 aliphatic heterocycles. The van der Waals surface area contributed by atoms with E-state index in [1.807, 2.05) is 0 Å². The van der Waals surface area contributed by atoms with Crippen LogP contribution in [0.4, 0.5) is 0 Å². The minimum atomic E-state index is 0.0221. The molecule has 0 saturated heterocycles. The van der Waals surface area contributed by atoms with E-state index in [9.17, 15) is 0 Å². The first-order chi connectivity index (χ1) is 35.8. The second-order valence-corrected chi connectivity index (χ2v) is 20.6. The van der Waals surface area contributed by atoms with E-state index in [-0.39, 0.29) is 5.41 Å². The zero-order chi connectivity index (χ0) is 48.8. The van der Waals surface area contributed by atoms with Gasteiger partial charge in [0.05, 0.1) is 33.1 Å². The smallest absolute Gasteiger partial charge is 0.0561 e. The molecule has 0 aliphatic carbocycles. The standard InChI is InChI=1S/C70H51N3/c1-70(2,3)54-28-30-55(31-29-54)71-68-44-56(72-64-36-24-50(46-16-8-4-9-17-46)40-60(64)61-41-51(25-37-65(61)72)47-18-10-5-11-19-47)32-34-58(68)59-35-33-57(45-69(59)71)73-66-38-26-52(48-20-12-6-13-21-48)42-62(66)63-43-53(27-39-67(63)73)49-22-14-7-15-23-49/h4-45H,1-3H3. The summed E-state index contributed by atoms with van der Waals surface area (Å²) in [6.45, 7) is 6.86. The Hall–Kier alpha value is -9.18. The fraction of sp³-hybridized carbons (Fsp3) is 0.0571. The van der Waals surface area contributed by atoms with Crippen LogP contribution in [0, 0.1) is 0 Å². The number of hydrogen-bond donors (Lipinski definition) is 0. The largest absolute Gasteiger partial charge is 0.309 e. The molecule has 0 saturated carbocycles. The highest BCUT2D eigenvalue weighted by Gasteiger charge is 2.22. The number of fused-ring (bicyclic) bond motifs is 9. The Bertz CT molecular complexity index is 3960. The second kappa shape index (κ2) is 16.7. The molecule has 0 unspecified atom stereocenters. The van der Waals surface area contributed by atoms with E-state index < -0.39 is 0 Å². The van der Waals surface area contributed by atoms with E-state index >= 15 is 0 Å². The molecule has 0 amide bonds. The average molecular weight is 934 g/mol. The summed E-state index contributed by atoms with van der Waals surface area (Å²) in [7, 11) is 0. The highest BCUT2D eigenvalue weighted by atomic mass is 15.0. The molecule has 346 valence electrons. The summed E-state index contributed by atoms with van der Waals surface area (Å²) >= 11 is 0. The summed E-state index contributed by atoms with van der Waals surface area (Å²) < 4.78 is 7.43. The fourth-order valence-corrected chi connectivity index (χ4v) is 11.5. The lowest BCUT2D eigenvalue weighted by molar-refractivity contribution is 0.590. The zero-order valence-electron chi connectivity index (χ0n) is 41.1. The van der Waals surface area contributed by atoms with E-state index in [1.54, 1.807) is 0 Å². The molecule has 3 heterocycles. The van der Waals surface area contributed by atoms with Gasteiger partial charge < -0.3 is 13.7 Å². The first kappa shape index (κ1) is 42.7. The molecule has 0 atom stereocenters. The quantitative estimate of drug-likeness (QED) is 0.151. The van der Waals surface area contributed by atoms with Crippen molar-refractivity contribution in [2.45, 2.75) is 26.2 Å². The molecule has 3 nitrogen and oxygen atoms in total. The molecule has 0 fully saturated rings. The lowest BCUT2D eigenvalue weighted by Gasteiger charge is -2.19. The molecule has 0 spiro atoms. The first-order valence-corrected chi connectivity index (χ1v) is 25.4. The Morgan fingerprint density at radius 1 is 0.219 bits per heavy atom. The Kier molecular flexibility index (Phi) is 9.78. The van der Waals surface area contributed by atoms with Crippen molar-refractivity contribution in [1.29, 1.82) is 0 Å². The summed E-state index contributed by atoms with van der Waals surface area (Å²) in [5.41, 5.74) is 21.4. The van der Waals surface area contributed by atoms with Gasteiger partial charge in [0.15, 0.2) is 0 Å². The van der Waals surface area contributed by atoms with Gasteiger partial charge >= 0.3 is 0 Å². The minimum Gasteiger partial charge on any atom is -0.309 e. The van der Waals surface area contributed by atoms with Gasteiger partial charge in [-0.25, -0.2) is 0 Å². The predicted molar refractivity (Wildman–Crippen MR) is 310 cm³/mol. The van der Waals surface area contributed by atoms with Crippen molar-refractivity contribution in [3.05, 3.63) is 260 Å². The Balaban J connectivity index is 1.01. The van der Waals surface area contributed by atoms with Crippen LogP contribution in [0.5, 0.6) is 0 Å². The lowest BCUT2D eigenvalue weighted by atomic mass is 9.87. The highest BCUT2D eigenvalue weighted by Crippen LogP contribution is 2.42. The fourth-order valence-electron chi connectivity index (χ4n) is 11.5. The second-order valence-electron chi connectivity index (χ2n) is 20.6. The zero-order valence-corrected chi connectivity index (χ0v) is 41.1. The molecule has 14 aromatic rings. The van der Waals surface area contributed by atoms with Gasteiger partial charge in [0.1, 0.15) is 0 Å². The summed E-state index contributed by atoms with van der Waals surface area (Å²) in [6, 6.07) is 94.2. The van der Waals surface area contributed by atoms with Gasteiger partial charge in [-0.05, 0) is 140 Å². The Morgan fingerprint density at radius 3 is 0.808 bits per heavy atom. The van der Waals surface area contributed by atoms with Gasteiger partial charge in [-0.3, -0.25) is 0 Å². The molecular formula is C70H51N3. The third kappa shape index (κ3) is 7.11. The minimum absolute atomic E-state index is 0.0221. The normalized spacial score (nSPS) is 12.0. The number of nitrogens with zero attached hydrogens (tertiary/aromatic N) is 3. The van der Waals surface area contributed by atoms with Crippen molar-refractivity contribution >= 4 is 65.4 Å². The van der Waals surface area contributed by atoms with E-state index in [1.165, 1.54) is 104 Å². The van der Waals surface area contributed by atoms with Gasteiger partial charge in [-0.1, -0.05) is 191 Å². The molecule has 0 aliphatic rings. The molecule has 14 rings (SSSR count). The van der Waals surface area contributed by atoms with Crippen molar-refractivity contribution in [1.82, 2.24) is 13.7 Å². The van der Waals surface area contributed by atoms with Crippen LogP contribution in [-0.4, -0.2) is 13.7 Å². The number of rotatable bonds is 7. The van der Waals surface area contributed by atoms with Gasteiger partial charge in [0, 0.05) is 49.4 Å². The third-order valence-corrected chi connectivity index (χ3v) is 15.2. The molecule has 73 heavy (non-hydrogen) atoms. The maximum atomic E-state index is 2.49. The van der Waals surface area contributed by atoms with Gasteiger partial charge in [0.2, 0.25) is 0 Å². The van der Waals surface area contributed by atoms with E-state index in [0.717, 1.165) is 28.1 Å². The van der Waals surface area contributed by atoms with Gasteiger partial charge in [0.25, 0.3) is 0 Å². The van der Waals surface area contributed by atoms with Crippen LogP contribution in [0.25, 0.3) is 127 Å². The monoisotopic (exact) mass is 933 g/mol. The number of aromatic nitrogens is 3. The molecule has 3 aromatic heterocycles. The maximum absolute atomic E-state index is 2.49. The molecule has 0 radical (unpaired) electrons.